The van der Waals surface area contributed by atoms with Crippen molar-refractivity contribution >= 4 is 0 Å². The highest BCUT2D eigenvalue weighted by Gasteiger charge is 2.07. The van der Waals surface area contributed by atoms with Gasteiger partial charge in [-0.1, -0.05) is 27.7 Å². The standard InChI is InChI=1S/C17H30N2O2/c1-13(2)11-18-12-15-9-16(14(3)4)19-17(10-15)21-8-6-7-20-5/h9-10,13-14,18H,6-8,11-12H2,1-5H3. The molecule has 1 aromatic rings. The average molecular weight is 294 g/mol. The van der Waals surface area contributed by atoms with Crippen molar-refractivity contribution in [1.29, 1.82) is 0 Å². The summed E-state index contributed by atoms with van der Waals surface area (Å²) in [6, 6.07) is 4.20. The molecule has 21 heavy (non-hydrogen) atoms. The summed E-state index contributed by atoms with van der Waals surface area (Å²) in [5.74, 6) is 1.77. The van der Waals surface area contributed by atoms with Gasteiger partial charge in [-0.2, -0.15) is 0 Å². The zero-order valence-corrected chi connectivity index (χ0v) is 14.1. The van der Waals surface area contributed by atoms with Crippen LogP contribution in [0.3, 0.4) is 0 Å². The van der Waals surface area contributed by atoms with Crippen LogP contribution in [0.4, 0.5) is 0 Å². The van der Waals surface area contributed by atoms with Crippen LogP contribution in [0.15, 0.2) is 12.1 Å². The molecule has 0 atom stereocenters. The van der Waals surface area contributed by atoms with E-state index in [-0.39, 0.29) is 0 Å². The predicted octanol–water partition coefficient (Wildman–Crippen LogP) is 3.37. The van der Waals surface area contributed by atoms with Crippen LogP contribution in [0.25, 0.3) is 0 Å². The van der Waals surface area contributed by atoms with Crippen molar-refractivity contribution in [3.8, 4) is 5.88 Å². The normalized spacial score (nSPS) is 11.4. The summed E-state index contributed by atoms with van der Waals surface area (Å²) in [6.07, 6.45) is 0.880. The Morgan fingerprint density at radius 3 is 2.52 bits per heavy atom. The topological polar surface area (TPSA) is 43.4 Å². The van der Waals surface area contributed by atoms with Crippen LogP contribution < -0.4 is 10.1 Å². The molecule has 0 saturated carbocycles. The van der Waals surface area contributed by atoms with E-state index in [4.69, 9.17) is 9.47 Å². The number of nitrogens with one attached hydrogen (secondary N) is 1. The van der Waals surface area contributed by atoms with Crippen LogP contribution in [-0.2, 0) is 11.3 Å². The molecule has 0 aliphatic rings. The average Bonchev–Trinajstić information content (AvgIpc) is 2.43. The highest BCUT2D eigenvalue weighted by molar-refractivity contribution is 5.26. The molecular formula is C17H30N2O2. The minimum absolute atomic E-state index is 0.399. The molecule has 1 aromatic heterocycles. The smallest absolute Gasteiger partial charge is 0.213 e. The molecule has 120 valence electrons. The molecule has 0 fully saturated rings. The first-order valence-electron chi connectivity index (χ1n) is 7.86. The first kappa shape index (κ1) is 17.9. The number of ether oxygens (including phenoxy) is 2. The van der Waals surface area contributed by atoms with Crippen LogP contribution in [0.2, 0.25) is 0 Å². The first-order chi connectivity index (χ1) is 10.0. The summed E-state index contributed by atoms with van der Waals surface area (Å²) < 4.78 is 10.8. The third kappa shape index (κ3) is 7.44. The van der Waals surface area contributed by atoms with Gasteiger partial charge in [0.05, 0.1) is 6.61 Å². The Labute approximate surface area is 129 Å². The molecule has 0 bridgehead atoms. The zero-order valence-electron chi connectivity index (χ0n) is 14.1. The second-order valence-corrected chi connectivity index (χ2v) is 6.11. The van der Waals surface area contributed by atoms with E-state index in [2.05, 4.69) is 44.1 Å². The van der Waals surface area contributed by atoms with Gasteiger partial charge >= 0.3 is 0 Å². The van der Waals surface area contributed by atoms with E-state index in [0.29, 0.717) is 25.0 Å². The highest BCUT2D eigenvalue weighted by atomic mass is 16.5. The van der Waals surface area contributed by atoms with Gasteiger partial charge in [-0.05, 0) is 30.0 Å². The third-order valence-electron chi connectivity index (χ3n) is 3.10. The molecule has 0 radical (unpaired) electrons. The summed E-state index contributed by atoms with van der Waals surface area (Å²) in [5, 5.41) is 3.47. The lowest BCUT2D eigenvalue weighted by atomic mass is 10.1. The molecule has 0 amide bonds. The van der Waals surface area contributed by atoms with Gasteiger partial charge in [0, 0.05) is 38.4 Å². The Bertz CT molecular complexity index is 406. The molecule has 0 aliphatic carbocycles. The monoisotopic (exact) mass is 294 g/mol. The van der Waals surface area contributed by atoms with Crippen molar-refractivity contribution in [2.75, 3.05) is 26.9 Å². The third-order valence-corrected chi connectivity index (χ3v) is 3.10. The Morgan fingerprint density at radius 1 is 1.14 bits per heavy atom. The van der Waals surface area contributed by atoms with Crippen molar-refractivity contribution in [2.45, 2.75) is 46.6 Å². The number of nitrogens with zero attached hydrogens (tertiary/aromatic N) is 1. The Hall–Kier alpha value is -1.13. The maximum atomic E-state index is 5.75. The second kappa shape index (κ2) is 9.74. The number of aromatic nitrogens is 1. The van der Waals surface area contributed by atoms with Gasteiger partial charge in [-0.3, -0.25) is 0 Å². The Kier molecular flexibility index (Phi) is 8.31. The summed E-state index contributed by atoms with van der Waals surface area (Å²) in [7, 11) is 1.70. The van der Waals surface area contributed by atoms with Crippen LogP contribution >= 0.6 is 0 Å². The van der Waals surface area contributed by atoms with Crippen LogP contribution in [0.1, 0.15) is 51.3 Å². The largest absolute Gasteiger partial charge is 0.478 e. The number of rotatable bonds is 10. The van der Waals surface area contributed by atoms with Crippen molar-refractivity contribution in [3.63, 3.8) is 0 Å². The van der Waals surface area contributed by atoms with E-state index in [1.54, 1.807) is 7.11 Å². The van der Waals surface area contributed by atoms with Gasteiger partial charge in [-0.15, -0.1) is 0 Å². The lowest BCUT2D eigenvalue weighted by Crippen LogP contribution is -2.19. The van der Waals surface area contributed by atoms with E-state index >= 15 is 0 Å². The fourth-order valence-electron chi connectivity index (χ4n) is 1.94. The molecule has 0 aliphatic heterocycles. The van der Waals surface area contributed by atoms with Gasteiger partial charge in [-0.25, -0.2) is 4.98 Å². The molecular weight excluding hydrogens is 264 g/mol. The fraction of sp³-hybridized carbons (Fsp3) is 0.706. The number of hydrogen-bond donors (Lipinski definition) is 1. The molecule has 0 spiro atoms. The van der Waals surface area contributed by atoms with Crippen molar-refractivity contribution < 1.29 is 9.47 Å². The first-order valence-corrected chi connectivity index (χ1v) is 7.86. The summed E-state index contributed by atoms with van der Waals surface area (Å²) >= 11 is 0. The molecule has 1 rings (SSSR count). The molecule has 0 aromatic carbocycles. The lowest BCUT2D eigenvalue weighted by Gasteiger charge is -2.13. The number of pyridine rings is 1. The summed E-state index contributed by atoms with van der Waals surface area (Å²) in [6.45, 7) is 12.0. The van der Waals surface area contributed by atoms with Gasteiger partial charge in [0.1, 0.15) is 0 Å². The van der Waals surface area contributed by atoms with E-state index in [9.17, 15) is 0 Å². The summed E-state index contributed by atoms with van der Waals surface area (Å²) in [4.78, 5) is 4.58. The molecule has 1 heterocycles. The molecule has 4 nitrogen and oxygen atoms in total. The second-order valence-electron chi connectivity index (χ2n) is 6.11. The fourth-order valence-corrected chi connectivity index (χ4v) is 1.94. The van der Waals surface area contributed by atoms with Gasteiger partial charge < -0.3 is 14.8 Å². The van der Waals surface area contributed by atoms with Crippen molar-refractivity contribution in [3.05, 3.63) is 23.4 Å². The van der Waals surface area contributed by atoms with Gasteiger partial charge in [0.25, 0.3) is 0 Å². The van der Waals surface area contributed by atoms with Crippen LogP contribution in [-0.4, -0.2) is 31.9 Å². The van der Waals surface area contributed by atoms with Crippen molar-refractivity contribution in [2.24, 2.45) is 5.92 Å². The van der Waals surface area contributed by atoms with Crippen molar-refractivity contribution in [1.82, 2.24) is 10.3 Å². The SMILES string of the molecule is COCCCOc1cc(CNCC(C)C)cc(C(C)C)n1. The van der Waals surface area contributed by atoms with E-state index < -0.39 is 0 Å². The quantitative estimate of drug-likeness (QED) is 0.672. The minimum Gasteiger partial charge on any atom is -0.478 e. The van der Waals surface area contributed by atoms with E-state index in [0.717, 1.165) is 31.1 Å². The molecule has 0 unspecified atom stereocenters. The zero-order chi connectivity index (χ0) is 15.7. The van der Waals surface area contributed by atoms with E-state index in [1.165, 1.54) is 5.56 Å². The number of methoxy groups -OCH3 is 1. The maximum Gasteiger partial charge on any atom is 0.213 e. The van der Waals surface area contributed by atoms with Crippen LogP contribution in [0.5, 0.6) is 5.88 Å². The van der Waals surface area contributed by atoms with E-state index in [1.807, 2.05) is 6.07 Å². The Morgan fingerprint density at radius 2 is 1.90 bits per heavy atom. The minimum atomic E-state index is 0.399. The molecule has 4 heteroatoms. The summed E-state index contributed by atoms with van der Waals surface area (Å²) in [5.41, 5.74) is 2.32. The lowest BCUT2D eigenvalue weighted by molar-refractivity contribution is 0.170. The Balaban J connectivity index is 2.66. The molecule has 0 saturated heterocycles. The molecule has 1 N–H and O–H groups in total. The predicted molar refractivity (Wildman–Crippen MR) is 86.9 cm³/mol. The van der Waals surface area contributed by atoms with Gasteiger partial charge in [0.2, 0.25) is 5.88 Å². The number of hydrogen-bond acceptors (Lipinski definition) is 4. The van der Waals surface area contributed by atoms with Gasteiger partial charge in [0.15, 0.2) is 0 Å². The highest BCUT2D eigenvalue weighted by Crippen LogP contribution is 2.19. The van der Waals surface area contributed by atoms with Crippen LogP contribution in [0, 0.1) is 5.92 Å². The maximum absolute atomic E-state index is 5.75.